The van der Waals surface area contributed by atoms with Gasteiger partial charge in [-0.3, -0.25) is 9.88 Å². The number of hydrogen-bond acceptors (Lipinski definition) is 10. The summed E-state index contributed by atoms with van der Waals surface area (Å²) in [4.78, 5) is 22.1. The minimum absolute atomic E-state index is 0.0859. The molecule has 9 nitrogen and oxygen atoms in total. The average molecular weight is 649 g/mol. The van der Waals surface area contributed by atoms with Crippen molar-refractivity contribution < 1.29 is 22.3 Å². The zero-order valence-corrected chi connectivity index (χ0v) is 25.1. The van der Waals surface area contributed by atoms with Crippen molar-refractivity contribution in [1.29, 1.82) is 0 Å². The molecule has 4 aliphatic heterocycles. The Bertz CT molecular complexity index is 1780. The third kappa shape index (κ3) is 4.63. The van der Waals surface area contributed by atoms with Crippen LogP contribution in [0.2, 0.25) is 0 Å². The molecule has 3 N–H and O–H groups in total. The Balaban J connectivity index is 1.30. The normalized spacial score (nSPS) is 27.1. The first kappa shape index (κ1) is 28.4. The van der Waals surface area contributed by atoms with Crippen molar-refractivity contribution in [2.24, 2.45) is 0 Å². The van der Waals surface area contributed by atoms with E-state index in [-0.39, 0.29) is 56.8 Å². The van der Waals surface area contributed by atoms with Gasteiger partial charge in [0.15, 0.2) is 5.13 Å². The number of nitrogens with one attached hydrogen (secondary N) is 1. The van der Waals surface area contributed by atoms with Crippen LogP contribution in [0.25, 0.3) is 32.4 Å². The van der Waals surface area contributed by atoms with E-state index in [1.807, 2.05) is 0 Å². The van der Waals surface area contributed by atoms with Crippen LogP contribution in [0.4, 0.5) is 28.5 Å². The van der Waals surface area contributed by atoms with Gasteiger partial charge in [-0.25, -0.2) is 13.8 Å². The van der Waals surface area contributed by atoms with E-state index in [1.54, 1.807) is 0 Å². The van der Waals surface area contributed by atoms with Crippen molar-refractivity contribution in [3.05, 3.63) is 29.7 Å². The molecule has 0 radical (unpaired) electrons. The summed E-state index contributed by atoms with van der Waals surface area (Å²) in [7, 11) is 0. The Labute approximate surface area is 258 Å². The summed E-state index contributed by atoms with van der Waals surface area (Å²) in [6.07, 6.45) is 4.53. The van der Waals surface area contributed by atoms with Gasteiger partial charge in [0.25, 0.3) is 0 Å². The zero-order valence-electron chi connectivity index (χ0n) is 23.5. The van der Waals surface area contributed by atoms with Crippen LogP contribution in [0.15, 0.2) is 18.3 Å². The Morgan fingerprint density at radius 2 is 1.93 bits per heavy atom. The van der Waals surface area contributed by atoms with Gasteiger partial charge in [-0.15, -0.1) is 0 Å². The van der Waals surface area contributed by atoms with Crippen LogP contribution >= 0.6 is 22.9 Å². The van der Waals surface area contributed by atoms with Gasteiger partial charge in [-0.1, -0.05) is 11.3 Å². The number of benzene rings is 1. The number of nitrogen functional groups attached to an aromatic ring is 1. The molecule has 0 spiro atoms. The van der Waals surface area contributed by atoms with Crippen molar-refractivity contribution in [2.45, 2.75) is 61.3 Å². The largest absolute Gasteiger partial charge is 0.461 e. The number of thiazole rings is 1. The quantitative estimate of drug-likeness (QED) is 0.215. The van der Waals surface area contributed by atoms with Crippen molar-refractivity contribution in [2.75, 3.05) is 43.4 Å². The lowest BCUT2D eigenvalue weighted by atomic mass is 9.95. The first-order chi connectivity index (χ1) is 21.1. The number of aromatic nitrogens is 4. The second-order valence-corrected chi connectivity index (χ2v) is 13.8. The molecule has 44 heavy (non-hydrogen) atoms. The van der Waals surface area contributed by atoms with Gasteiger partial charge in [-0.2, -0.15) is 18.7 Å². The molecule has 2 unspecified atom stereocenters. The van der Waals surface area contributed by atoms with E-state index >= 15 is 8.78 Å². The smallest absolute Gasteiger partial charge is 0.352 e. The first-order valence-electron chi connectivity index (χ1n) is 14.7. The van der Waals surface area contributed by atoms with Gasteiger partial charge in [0.1, 0.15) is 24.4 Å². The second-order valence-electron chi connectivity index (χ2n) is 12.3. The average Bonchev–Trinajstić information content (AvgIpc) is 3.72. The molecule has 0 saturated carbocycles. The van der Waals surface area contributed by atoms with Crippen molar-refractivity contribution in [3.63, 3.8) is 0 Å². The summed E-state index contributed by atoms with van der Waals surface area (Å²) >= 11 is 6.75. The third-order valence-corrected chi connectivity index (χ3v) is 10.6. The molecule has 232 valence electrons. The maximum atomic E-state index is 15.5. The number of nitrogens with zero attached hydrogens (tertiary/aromatic N) is 6. The number of halogens is 5. The molecule has 4 aliphatic rings. The SMILES string of the molecule is Nc1nc2c(-c3ncc4c(N5CC6CCC(C5)N6)nc(OC[C@]56CCCN5C[C@@H](F)C6)nc4c3C(F)(F)Cl)ccc(F)c2s1. The highest BCUT2D eigenvalue weighted by Crippen LogP contribution is 2.46. The van der Waals surface area contributed by atoms with E-state index in [2.05, 4.69) is 30.1 Å². The Kier molecular flexibility index (Phi) is 6.60. The molecule has 1 aromatic carbocycles. The molecule has 4 saturated heterocycles. The molecule has 0 amide bonds. The van der Waals surface area contributed by atoms with Crippen molar-refractivity contribution >= 4 is 55.0 Å². The molecular formula is C29H29ClF4N8OS. The fraction of sp³-hybridized carbons (Fsp3) is 0.517. The summed E-state index contributed by atoms with van der Waals surface area (Å²) in [6, 6.07) is 2.88. The summed E-state index contributed by atoms with van der Waals surface area (Å²) in [6.45, 7) is 2.50. The molecule has 7 heterocycles. The molecule has 2 bridgehead atoms. The molecule has 4 atom stereocenters. The molecular weight excluding hydrogens is 620 g/mol. The summed E-state index contributed by atoms with van der Waals surface area (Å²) < 4.78 is 66.5. The van der Waals surface area contributed by atoms with Gasteiger partial charge in [-0.05, 0) is 56.0 Å². The molecule has 4 aromatic rings. The molecule has 4 fully saturated rings. The predicted molar refractivity (Wildman–Crippen MR) is 161 cm³/mol. The number of pyridine rings is 1. The third-order valence-electron chi connectivity index (χ3n) is 9.50. The molecule has 3 aromatic heterocycles. The highest BCUT2D eigenvalue weighted by molar-refractivity contribution is 7.22. The van der Waals surface area contributed by atoms with Gasteiger partial charge in [0, 0.05) is 49.9 Å². The minimum atomic E-state index is -3.93. The maximum Gasteiger partial charge on any atom is 0.352 e. The number of piperazine rings is 1. The van der Waals surface area contributed by atoms with E-state index < -0.39 is 28.5 Å². The number of nitrogens with two attached hydrogens (primary N) is 1. The minimum Gasteiger partial charge on any atom is -0.461 e. The number of anilines is 2. The van der Waals surface area contributed by atoms with Crippen LogP contribution < -0.4 is 20.7 Å². The monoisotopic (exact) mass is 648 g/mol. The van der Waals surface area contributed by atoms with Crippen LogP contribution in [0, 0.1) is 5.82 Å². The van der Waals surface area contributed by atoms with Gasteiger partial charge in [0.2, 0.25) is 0 Å². The fourth-order valence-corrected chi connectivity index (χ4v) is 8.57. The van der Waals surface area contributed by atoms with Crippen LogP contribution in [-0.4, -0.2) is 81.4 Å². The van der Waals surface area contributed by atoms with Gasteiger partial charge in [0.05, 0.1) is 37.9 Å². The number of ether oxygens (including phenoxy) is 1. The number of alkyl halides is 4. The lowest BCUT2D eigenvalue weighted by Crippen LogP contribution is -2.51. The Hall–Kier alpha value is -3.07. The summed E-state index contributed by atoms with van der Waals surface area (Å²) in [5.74, 6) is -0.156. The van der Waals surface area contributed by atoms with E-state index in [9.17, 15) is 8.78 Å². The standard InChI is InChI=1S/C29H29ClF4N8OS/c30-29(33,34)20-21(17-4-5-19(32)24-23(17)38-26(35)44-24)36-9-18-22(20)39-27(40-25(18)41-11-15-2-3-16(12-41)37-15)43-13-28-6-1-7-42(28)10-14(31)8-28/h4-5,9,14-16,37H,1-3,6-8,10-13H2,(H2,35,38)/t14-,15?,16?,28+/m0/s1. The van der Waals surface area contributed by atoms with E-state index in [0.29, 0.717) is 37.3 Å². The number of rotatable bonds is 6. The molecule has 15 heteroatoms. The lowest BCUT2D eigenvalue weighted by molar-refractivity contribution is 0.0965. The van der Waals surface area contributed by atoms with Crippen LogP contribution in [-0.2, 0) is 5.38 Å². The highest BCUT2D eigenvalue weighted by Gasteiger charge is 2.49. The summed E-state index contributed by atoms with van der Waals surface area (Å²) in [5, 5.41) is 0.0219. The lowest BCUT2D eigenvalue weighted by Gasteiger charge is -2.35. The topological polar surface area (TPSA) is 105 Å². The van der Waals surface area contributed by atoms with Gasteiger partial charge < -0.3 is 20.7 Å². The van der Waals surface area contributed by atoms with E-state index in [1.165, 1.54) is 18.3 Å². The molecule has 8 rings (SSSR count). The predicted octanol–water partition coefficient (Wildman–Crippen LogP) is 5.21. The van der Waals surface area contributed by atoms with Crippen LogP contribution in [0.5, 0.6) is 6.01 Å². The van der Waals surface area contributed by atoms with Crippen LogP contribution in [0.3, 0.4) is 0 Å². The summed E-state index contributed by atoms with van der Waals surface area (Å²) in [5.41, 5.74) is 4.66. The number of fused-ring (bicyclic) bond motifs is 5. The Morgan fingerprint density at radius 3 is 2.70 bits per heavy atom. The maximum absolute atomic E-state index is 15.5. The second kappa shape index (κ2) is 10.2. The Morgan fingerprint density at radius 1 is 1.14 bits per heavy atom. The highest BCUT2D eigenvalue weighted by atomic mass is 35.5. The van der Waals surface area contributed by atoms with E-state index in [4.69, 9.17) is 27.1 Å². The fourth-order valence-electron chi connectivity index (χ4n) is 7.63. The first-order valence-corrected chi connectivity index (χ1v) is 15.9. The van der Waals surface area contributed by atoms with E-state index in [0.717, 1.165) is 43.6 Å². The van der Waals surface area contributed by atoms with Crippen molar-refractivity contribution in [1.82, 2.24) is 30.2 Å². The van der Waals surface area contributed by atoms with Gasteiger partial charge >= 0.3 is 11.4 Å². The zero-order chi connectivity index (χ0) is 30.4. The van der Waals surface area contributed by atoms with Crippen molar-refractivity contribution in [3.8, 4) is 17.3 Å². The van der Waals surface area contributed by atoms with Crippen LogP contribution in [0.1, 0.15) is 37.7 Å². The number of hydrogen-bond donors (Lipinski definition) is 2. The molecule has 0 aliphatic carbocycles.